The van der Waals surface area contributed by atoms with Crippen LogP contribution in [-0.2, 0) is 14.3 Å². The van der Waals surface area contributed by atoms with Gasteiger partial charge in [-0.2, -0.15) is 0 Å². The third-order valence-corrected chi connectivity index (χ3v) is 8.50. The minimum Gasteiger partial charge on any atom is -0.460 e. The van der Waals surface area contributed by atoms with Crippen LogP contribution in [0.5, 0.6) is 0 Å². The highest BCUT2D eigenvalue weighted by Crippen LogP contribution is 2.70. The highest BCUT2D eigenvalue weighted by atomic mass is 19.1. The molecular formula is C22H31FO5. The summed E-state index contributed by atoms with van der Waals surface area (Å²) in [6.45, 7) is 12.3. The predicted octanol–water partition coefficient (Wildman–Crippen LogP) is 2.75. The van der Waals surface area contributed by atoms with Gasteiger partial charge in [-0.3, -0.25) is 4.79 Å². The molecule has 3 fully saturated rings. The molecule has 8 atom stereocenters. The summed E-state index contributed by atoms with van der Waals surface area (Å²) in [6.07, 6.45) is 1.26. The average molecular weight is 394 g/mol. The number of aliphatic hydroxyl groups excluding tert-OH is 1. The summed E-state index contributed by atoms with van der Waals surface area (Å²) >= 11 is 0. The van der Waals surface area contributed by atoms with Gasteiger partial charge in [0.15, 0.2) is 12.5 Å². The second-order valence-electron chi connectivity index (χ2n) is 9.20. The molecule has 0 aliphatic heterocycles. The summed E-state index contributed by atoms with van der Waals surface area (Å²) in [5, 5.41) is 22.6. The van der Waals surface area contributed by atoms with Crippen molar-refractivity contribution in [3.05, 3.63) is 24.8 Å². The van der Waals surface area contributed by atoms with Gasteiger partial charge in [-0.25, -0.2) is 9.18 Å². The van der Waals surface area contributed by atoms with Gasteiger partial charge in [0, 0.05) is 10.8 Å². The minimum atomic E-state index is -1.87. The fourth-order valence-corrected chi connectivity index (χ4v) is 6.63. The van der Waals surface area contributed by atoms with E-state index in [1.807, 2.05) is 13.8 Å². The number of rotatable bonds is 4. The highest BCUT2D eigenvalue weighted by molar-refractivity contribution is 5.96. The standard InChI is InChI=1S/C22H31FO5/c1-6-12(2)15-9-17(28-18(25)11-23)20(5)13(3)7-8-21(14(15)4)10-16(24)19(26)22(20,21)27/h6,13-17,24,27H,1-2,7-11H2,3-5H3/t13-,14+,15+,16+,17-,20+,21+,22-/m1/s1. The van der Waals surface area contributed by atoms with E-state index in [1.165, 1.54) is 0 Å². The molecule has 0 radical (unpaired) electrons. The maximum absolute atomic E-state index is 13.2. The van der Waals surface area contributed by atoms with Gasteiger partial charge in [-0.1, -0.05) is 45.6 Å². The fraction of sp³-hybridized carbons (Fsp3) is 0.727. The number of carbonyl (C=O) groups is 2. The molecule has 28 heavy (non-hydrogen) atoms. The van der Waals surface area contributed by atoms with Gasteiger partial charge in [0.05, 0.1) is 0 Å². The van der Waals surface area contributed by atoms with E-state index in [-0.39, 0.29) is 24.2 Å². The van der Waals surface area contributed by atoms with Crippen molar-refractivity contribution < 1.29 is 28.9 Å². The van der Waals surface area contributed by atoms with Crippen molar-refractivity contribution in [1.82, 2.24) is 0 Å². The Morgan fingerprint density at radius 2 is 2.07 bits per heavy atom. The number of ketones is 1. The van der Waals surface area contributed by atoms with Crippen molar-refractivity contribution in [3.63, 3.8) is 0 Å². The quantitative estimate of drug-likeness (QED) is 0.566. The van der Waals surface area contributed by atoms with Gasteiger partial charge in [0.25, 0.3) is 0 Å². The topological polar surface area (TPSA) is 83.8 Å². The Hall–Kier alpha value is -1.53. The molecule has 0 spiro atoms. The zero-order valence-corrected chi connectivity index (χ0v) is 16.9. The van der Waals surface area contributed by atoms with Gasteiger partial charge in [0.2, 0.25) is 0 Å². The largest absolute Gasteiger partial charge is 0.460 e. The predicted molar refractivity (Wildman–Crippen MR) is 102 cm³/mol. The van der Waals surface area contributed by atoms with E-state index in [0.717, 1.165) is 5.57 Å². The number of allylic oxidation sites excluding steroid dienone is 2. The van der Waals surface area contributed by atoms with Crippen LogP contribution in [0.2, 0.25) is 0 Å². The van der Waals surface area contributed by atoms with Crippen LogP contribution in [0.25, 0.3) is 0 Å². The van der Waals surface area contributed by atoms with Gasteiger partial charge in [-0.05, 0) is 43.4 Å². The van der Waals surface area contributed by atoms with E-state index in [1.54, 1.807) is 13.0 Å². The van der Waals surface area contributed by atoms with Crippen molar-refractivity contribution in [3.8, 4) is 0 Å². The summed E-state index contributed by atoms with van der Waals surface area (Å²) in [5.41, 5.74) is -3.15. The molecule has 3 aliphatic carbocycles. The smallest absolute Gasteiger partial charge is 0.337 e. The molecule has 3 rings (SSSR count). The third kappa shape index (κ3) is 2.37. The molecule has 0 unspecified atom stereocenters. The number of ether oxygens (including phenoxy) is 1. The van der Waals surface area contributed by atoms with E-state index in [2.05, 4.69) is 13.2 Å². The Labute approximate surface area is 165 Å². The molecule has 0 aromatic rings. The first-order chi connectivity index (χ1) is 13.0. The van der Waals surface area contributed by atoms with Gasteiger partial charge in [0.1, 0.15) is 17.8 Å². The zero-order chi connectivity index (χ0) is 21.1. The van der Waals surface area contributed by atoms with Gasteiger partial charge in [-0.15, -0.1) is 0 Å². The number of halogens is 1. The Bertz CT molecular complexity index is 720. The number of aliphatic hydroxyl groups is 2. The van der Waals surface area contributed by atoms with E-state index >= 15 is 0 Å². The molecule has 0 heterocycles. The first kappa shape index (κ1) is 21.2. The van der Waals surface area contributed by atoms with E-state index < -0.39 is 47.1 Å². The first-order valence-electron chi connectivity index (χ1n) is 10.0. The lowest BCUT2D eigenvalue weighted by molar-refractivity contribution is -0.235. The maximum Gasteiger partial charge on any atom is 0.337 e. The van der Waals surface area contributed by atoms with Crippen LogP contribution in [0.3, 0.4) is 0 Å². The van der Waals surface area contributed by atoms with Gasteiger partial charge >= 0.3 is 5.97 Å². The van der Waals surface area contributed by atoms with Crippen LogP contribution in [0.1, 0.15) is 46.5 Å². The second-order valence-corrected chi connectivity index (χ2v) is 9.20. The Balaban J connectivity index is 2.28. The summed E-state index contributed by atoms with van der Waals surface area (Å²) in [6, 6.07) is 0. The molecule has 6 heteroatoms. The summed E-state index contributed by atoms with van der Waals surface area (Å²) < 4.78 is 18.5. The molecule has 0 aromatic heterocycles. The average Bonchev–Trinajstić information content (AvgIpc) is 2.87. The first-order valence-corrected chi connectivity index (χ1v) is 10.0. The number of hydrogen-bond acceptors (Lipinski definition) is 5. The summed E-state index contributed by atoms with van der Waals surface area (Å²) in [4.78, 5) is 25.1. The van der Waals surface area contributed by atoms with Crippen LogP contribution in [0, 0.1) is 28.6 Å². The molecule has 3 aliphatic rings. The Morgan fingerprint density at radius 1 is 1.43 bits per heavy atom. The molecule has 0 aromatic carbocycles. The lowest BCUT2D eigenvalue weighted by Gasteiger charge is -2.60. The van der Waals surface area contributed by atoms with Gasteiger partial charge < -0.3 is 14.9 Å². The van der Waals surface area contributed by atoms with Crippen molar-refractivity contribution in [2.24, 2.45) is 28.6 Å². The van der Waals surface area contributed by atoms with Crippen LogP contribution < -0.4 is 0 Å². The molecule has 3 saturated carbocycles. The second kappa shape index (κ2) is 6.77. The molecule has 0 amide bonds. The number of esters is 1. The van der Waals surface area contributed by atoms with E-state index in [4.69, 9.17) is 4.74 Å². The van der Waals surface area contributed by atoms with Crippen LogP contribution in [0.15, 0.2) is 24.8 Å². The highest BCUT2D eigenvalue weighted by Gasteiger charge is 2.78. The summed E-state index contributed by atoms with van der Waals surface area (Å²) in [5.74, 6) is -2.21. The van der Waals surface area contributed by atoms with Crippen molar-refractivity contribution in [2.45, 2.75) is 64.3 Å². The zero-order valence-electron chi connectivity index (χ0n) is 16.9. The normalized spacial score (nSPS) is 47.8. The minimum absolute atomic E-state index is 0.163. The molecular weight excluding hydrogens is 363 g/mol. The monoisotopic (exact) mass is 394 g/mol. The molecule has 0 saturated heterocycles. The molecule has 156 valence electrons. The molecule has 2 N–H and O–H groups in total. The van der Waals surface area contributed by atoms with Crippen molar-refractivity contribution in [2.75, 3.05) is 6.67 Å². The number of hydrogen-bond donors (Lipinski definition) is 2. The Kier molecular flexibility index (Phi) is 5.12. The summed E-state index contributed by atoms with van der Waals surface area (Å²) in [7, 11) is 0. The SMILES string of the molecule is C=CC(=C)[C@@H]1C[C@@H](OC(=O)CF)[C@]2(C)[C@H](C)CC[C@]3(C[C@H](O)C(=O)[C@]32O)[C@H]1C. The number of alkyl halides is 1. The van der Waals surface area contributed by atoms with E-state index in [9.17, 15) is 24.2 Å². The fourth-order valence-electron chi connectivity index (χ4n) is 6.63. The third-order valence-electron chi connectivity index (χ3n) is 8.50. The lowest BCUT2D eigenvalue weighted by Crippen LogP contribution is -2.69. The lowest BCUT2D eigenvalue weighted by atomic mass is 9.46. The van der Waals surface area contributed by atoms with E-state index in [0.29, 0.717) is 19.3 Å². The van der Waals surface area contributed by atoms with Crippen LogP contribution in [0.4, 0.5) is 4.39 Å². The molecule has 5 nitrogen and oxygen atoms in total. The maximum atomic E-state index is 13.2. The van der Waals surface area contributed by atoms with Crippen LogP contribution >= 0.6 is 0 Å². The Morgan fingerprint density at radius 3 is 2.64 bits per heavy atom. The van der Waals surface area contributed by atoms with Crippen molar-refractivity contribution in [1.29, 1.82) is 0 Å². The molecule has 2 bridgehead atoms. The number of Topliss-reactive ketones (excluding diaryl/α,β-unsaturated/α-hetero) is 1. The number of carbonyl (C=O) groups excluding carboxylic acids is 2. The van der Waals surface area contributed by atoms with Crippen molar-refractivity contribution >= 4 is 11.8 Å². The van der Waals surface area contributed by atoms with Crippen LogP contribution in [-0.4, -0.2) is 46.4 Å².